The molecule has 1 saturated heterocycles. The van der Waals surface area contributed by atoms with Crippen LogP contribution in [-0.2, 0) is 14.2 Å². The lowest BCUT2D eigenvalue weighted by molar-refractivity contribution is -0.0102. The quantitative estimate of drug-likeness (QED) is 0.792. The predicted octanol–water partition coefficient (Wildman–Crippen LogP) is 1.89. The Morgan fingerprint density at radius 2 is 2.23 bits per heavy atom. The van der Waals surface area contributed by atoms with Gasteiger partial charge in [-0.05, 0) is 32.9 Å². The number of pyridine rings is 1. The third-order valence-corrected chi connectivity index (χ3v) is 3.16. The van der Waals surface area contributed by atoms with Crippen molar-refractivity contribution in [2.75, 3.05) is 38.3 Å². The zero-order chi connectivity index (χ0) is 16.2. The smallest absolute Gasteiger partial charge is 0.357 e. The van der Waals surface area contributed by atoms with Crippen LogP contribution in [-0.4, -0.2) is 56.1 Å². The van der Waals surface area contributed by atoms with Gasteiger partial charge in [-0.25, -0.2) is 9.78 Å². The topological polar surface area (TPSA) is 60.9 Å². The van der Waals surface area contributed by atoms with Crippen molar-refractivity contribution < 1.29 is 19.0 Å². The predicted molar refractivity (Wildman–Crippen MR) is 83.2 cm³/mol. The van der Waals surface area contributed by atoms with Gasteiger partial charge in [0.2, 0.25) is 0 Å². The number of rotatable bonds is 4. The maximum atomic E-state index is 12.1. The Morgan fingerprint density at radius 1 is 1.45 bits per heavy atom. The van der Waals surface area contributed by atoms with Crippen LogP contribution in [0.3, 0.4) is 0 Å². The van der Waals surface area contributed by atoms with Crippen molar-refractivity contribution in [3.63, 3.8) is 0 Å². The molecule has 22 heavy (non-hydrogen) atoms. The summed E-state index contributed by atoms with van der Waals surface area (Å²) in [4.78, 5) is 18.6. The molecule has 122 valence electrons. The molecular formula is C16H24N2O4. The van der Waals surface area contributed by atoms with Gasteiger partial charge in [0, 0.05) is 20.2 Å². The largest absolute Gasteiger partial charge is 0.455 e. The number of nitrogens with zero attached hydrogens (tertiary/aromatic N) is 2. The minimum Gasteiger partial charge on any atom is -0.455 e. The lowest BCUT2D eigenvalue weighted by atomic mass is 10.2. The summed E-state index contributed by atoms with van der Waals surface area (Å²) >= 11 is 0. The molecule has 0 radical (unpaired) electrons. The summed E-state index contributed by atoms with van der Waals surface area (Å²) < 4.78 is 16.1. The molecule has 0 bridgehead atoms. The van der Waals surface area contributed by atoms with E-state index in [2.05, 4.69) is 9.88 Å². The molecule has 0 aliphatic carbocycles. The van der Waals surface area contributed by atoms with Gasteiger partial charge in [-0.15, -0.1) is 0 Å². The van der Waals surface area contributed by atoms with Gasteiger partial charge in [-0.2, -0.15) is 0 Å². The summed E-state index contributed by atoms with van der Waals surface area (Å²) in [5.41, 5.74) is -0.209. The van der Waals surface area contributed by atoms with Crippen molar-refractivity contribution in [2.24, 2.45) is 0 Å². The summed E-state index contributed by atoms with van der Waals surface area (Å²) in [6, 6.07) is 5.39. The van der Waals surface area contributed by atoms with E-state index in [9.17, 15) is 4.79 Å². The second-order valence-corrected chi connectivity index (χ2v) is 6.28. The lowest BCUT2D eigenvalue weighted by Gasteiger charge is -2.33. The van der Waals surface area contributed by atoms with E-state index >= 15 is 0 Å². The van der Waals surface area contributed by atoms with Gasteiger partial charge in [0.15, 0.2) is 5.69 Å². The molecule has 2 heterocycles. The number of esters is 1. The van der Waals surface area contributed by atoms with Crippen LogP contribution in [0.4, 0.5) is 5.82 Å². The van der Waals surface area contributed by atoms with Gasteiger partial charge in [0.1, 0.15) is 11.4 Å². The number of hydrogen-bond acceptors (Lipinski definition) is 6. The zero-order valence-electron chi connectivity index (χ0n) is 13.7. The fourth-order valence-electron chi connectivity index (χ4n) is 2.26. The van der Waals surface area contributed by atoms with Crippen molar-refractivity contribution in [3.05, 3.63) is 23.9 Å². The molecule has 0 saturated carbocycles. The first kappa shape index (κ1) is 16.7. The Morgan fingerprint density at radius 3 is 2.91 bits per heavy atom. The molecule has 0 spiro atoms. The van der Waals surface area contributed by atoms with Crippen LogP contribution >= 0.6 is 0 Å². The molecular weight excluding hydrogens is 284 g/mol. The second kappa shape index (κ2) is 7.07. The molecule has 1 aliphatic rings. The van der Waals surface area contributed by atoms with Crippen molar-refractivity contribution in [3.8, 4) is 0 Å². The van der Waals surface area contributed by atoms with E-state index in [-0.39, 0.29) is 6.10 Å². The van der Waals surface area contributed by atoms with Gasteiger partial charge in [0.05, 0.1) is 19.3 Å². The maximum absolute atomic E-state index is 12.1. The van der Waals surface area contributed by atoms with E-state index in [0.29, 0.717) is 25.5 Å². The fraction of sp³-hybridized carbons (Fsp3) is 0.625. The molecule has 1 aromatic heterocycles. The Hall–Kier alpha value is -1.66. The van der Waals surface area contributed by atoms with Gasteiger partial charge in [0.25, 0.3) is 0 Å². The SMILES string of the molecule is COC[C@@H]1CN(c2cccc(C(=O)OC(C)(C)C)n2)CCO1. The molecule has 1 aromatic rings. The molecule has 0 unspecified atom stereocenters. The van der Waals surface area contributed by atoms with Crippen molar-refractivity contribution in [1.29, 1.82) is 0 Å². The monoisotopic (exact) mass is 308 g/mol. The Balaban J connectivity index is 2.09. The molecule has 6 nitrogen and oxygen atoms in total. The van der Waals surface area contributed by atoms with Crippen LogP contribution in [0.2, 0.25) is 0 Å². The van der Waals surface area contributed by atoms with Gasteiger partial charge in [-0.3, -0.25) is 0 Å². The first-order chi connectivity index (χ1) is 10.4. The Labute approximate surface area is 131 Å². The van der Waals surface area contributed by atoms with Gasteiger partial charge >= 0.3 is 5.97 Å². The molecule has 6 heteroatoms. The summed E-state index contributed by atoms with van der Waals surface area (Å²) in [6.45, 7) is 8.11. The van der Waals surface area contributed by atoms with E-state index < -0.39 is 11.6 Å². The Kier molecular flexibility index (Phi) is 5.37. The number of morpholine rings is 1. The number of methoxy groups -OCH3 is 1. The van der Waals surface area contributed by atoms with Crippen molar-refractivity contribution in [2.45, 2.75) is 32.5 Å². The number of anilines is 1. The Bertz CT molecular complexity index is 511. The van der Waals surface area contributed by atoms with E-state index in [0.717, 1.165) is 12.4 Å². The average molecular weight is 308 g/mol. The van der Waals surface area contributed by atoms with Crippen LogP contribution in [0, 0.1) is 0 Å². The summed E-state index contributed by atoms with van der Waals surface area (Å²) in [6.07, 6.45) is 0.0192. The molecule has 1 fully saturated rings. The van der Waals surface area contributed by atoms with Crippen LogP contribution in [0.25, 0.3) is 0 Å². The highest BCUT2D eigenvalue weighted by atomic mass is 16.6. The molecule has 0 aromatic carbocycles. The first-order valence-electron chi connectivity index (χ1n) is 7.45. The fourth-order valence-corrected chi connectivity index (χ4v) is 2.26. The minimum atomic E-state index is -0.530. The summed E-state index contributed by atoms with van der Waals surface area (Å²) in [5.74, 6) is 0.351. The first-order valence-corrected chi connectivity index (χ1v) is 7.45. The van der Waals surface area contributed by atoms with Gasteiger partial charge < -0.3 is 19.1 Å². The molecule has 1 atom stereocenters. The zero-order valence-corrected chi connectivity index (χ0v) is 13.7. The number of ether oxygens (including phenoxy) is 3. The minimum absolute atomic E-state index is 0.0192. The van der Waals surface area contributed by atoms with E-state index in [1.54, 1.807) is 13.2 Å². The van der Waals surface area contributed by atoms with Crippen LogP contribution in [0.5, 0.6) is 0 Å². The second-order valence-electron chi connectivity index (χ2n) is 6.28. The highest BCUT2D eigenvalue weighted by Gasteiger charge is 2.23. The number of carbonyl (C=O) groups excluding carboxylic acids is 1. The normalized spacial score (nSPS) is 19.1. The highest BCUT2D eigenvalue weighted by molar-refractivity contribution is 5.88. The molecule has 0 amide bonds. The van der Waals surface area contributed by atoms with Crippen LogP contribution in [0.15, 0.2) is 18.2 Å². The summed E-state index contributed by atoms with van der Waals surface area (Å²) in [5, 5.41) is 0. The number of hydrogen-bond donors (Lipinski definition) is 0. The standard InChI is InChI=1S/C16H24N2O4/c1-16(2,3)22-15(19)13-6-5-7-14(17-13)18-8-9-21-12(10-18)11-20-4/h5-7,12H,8-11H2,1-4H3/t12-/m0/s1. The lowest BCUT2D eigenvalue weighted by Crippen LogP contribution is -2.44. The van der Waals surface area contributed by atoms with Gasteiger partial charge in [-0.1, -0.05) is 6.07 Å². The average Bonchev–Trinajstić information content (AvgIpc) is 2.46. The third-order valence-electron chi connectivity index (χ3n) is 3.16. The maximum Gasteiger partial charge on any atom is 0.357 e. The third kappa shape index (κ3) is 4.68. The van der Waals surface area contributed by atoms with Crippen LogP contribution in [0.1, 0.15) is 31.3 Å². The molecule has 0 N–H and O–H groups in total. The molecule has 2 rings (SSSR count). The van der Waals surface area contributed by atoms with Crippen LogP contribution < -0.4 is 4.90 Å². The number of aromatic nitrogens is 1. The van der Waals surface area contributed by atoms with Crippen molar-refractivity contribution >= 4 is 11.8 Å². The summed E-state index contributed by atoms with van der Waals surface area (Å²) in [7, 11) is 1.66. The van der Waals surface area contributed by atoms with Crippen molar-refractivity contribution in [1.82, 2.24) is 4.98 Å². The van der Waals surface area contributed by atoms with E-state index in [1.165, 1.54) is 0 Å². The van der Waals surface area contributed by atoms with E-state index in [4.69, 9.17) is 14.2 Å². The number of carbonyl (C=O) groups is 1. The molecule has 1 aliphatic heterocycles. The van der Waals surface area contributed by atoms with E-state index in [1.807, 2.05) is 32.9 Å². The highest BCUT2D eigenvalue weighted by Crippen LogP contribution is 2.17.